The molecule has 0 aliphatic carbocycles. The average Bonchev–Trinajstić information content (AvgIpc) is 3.03. The molecule has 0 fully saturated rings. The number of fused-ring (bicyclic) bond motifs is 1. The second-order valence-electron chi connectivity index (χ2n) is 5.62. The molecule has 6 nitrogen and oxygen atoms in total. The van der Waals surface area contributed by atoms with Crippen molar-refractivity contribution in [2.75, 3.05) is 6.61 Å². The van der Waals surface area contributed by atoms with Gasteiger partial charge in [0.15, 0.2) is 0 Å². The standard InChI is InChI=1S/C18H16N4O2/c1-22-11-14(18(20-22)12-5-8-19-9-6-12)13-3-2-4-16-17(13)15(21-23)7-10-24-16/h2-6,8-9,11,23H,7,10H2,1H3. The van der Waals surface area contributed by atoms with Gasteiger partial charge in [0.05, 0.1) is 12.3 Å². The summed E-state index contributed by atoms with van der Waals surface area (Å²) in [5.74, 6) is 0.732. The van der Waals surface area contributed by atoms with Gasteiger partial charge in [-0.2, -0.15) is 5.10 Å². The molecule has 1 aliphatic rings. The van der Waals surface area contributed by atoms with Crippen LogP contribution >= 0.6 is 0 Å². The Morgan fingerprint density at radius 2 is 2.00 bits per heavy atom. The summed E-state index contributed by atoms with van der Waals surface area (Å²) in [5, 5.41) is 17.5. The molecule has 0 amide bonds. The van der Waals surface area contributed by atoms with E-state index in [0.717, 1.165) is 33.7 Å². The summed E-state index contributed by atoms with van der Waals surface area (Å²) in [6, 6.07) is 9.70. The van der Waals surface area contributed by atoms with Crippen molar-refractivity contribution in [1.82, 2.24) is 14.8 Å². The molecule has 1 aliphatic heterocycles. The highest BCUT2D eigenvalue weighted by Crippen LogP contribution is 2.38. The van der Waals surface area contributed by atoms with Crippen LogP contribution < -0.4 is 4.74 Å². The van der Waals surface area contributed by atoms with Gasteiger partial charge in [-0.1, -0.05) is 17.3 Å². The van der Waals surface area contributed by atoms with E-state index in [9.17, 15) is 5.21 Å². The molecule has 0 saturated carbocycles. The molecule has 3 aromatic rings. The van der Waals surface area contributed by atoms with Crippen LogP contribution in [0.15, 0.2) is 54.1 Å². The molecular weight excluding hydrogens is 304 g/mol. The van der Waals surface area contributed by atoms with E-state index in [2.05, 4.69) is 15.2 Å². The van der Waals surface area contributed by atoms with Crippen molar-refractivity contribution in [1.29, 1.82) is 0 Å². The fourth-order valence-electron chi connectivity index (χ4n) is 3.06. The van der Waals surface area contributed by atoms with E-state index < -0.39 is 0 Å². The summed E-state index contributed by atoms with van der Waals surface area (Å²) in [5.41, 5.74) is 5.21. The molecule has 0 radical (unpaired) electrons. The van der Waals surface area contributed by atoms with Crippen molar-refractivity contribution in [3.05, 3.63) is 54.5 Å². The van der Waals surface area contributed by atoms with Gasteiger partial charge in [-0.05, 0) is 23.8 Å². The van der Waals surface area contributed by atoms with Crippen LogP contribution in [0.5, 0.6) is 5.75 Å². The highest BCUT2D eigenvalue weighted by atomic mass is 16.5. The summed E-state index contributed by atoms with van der Waals surface area (Å²) in [4.78, 5) is 4.07. The Kier molecular flexibility index (Phi) is 3.49. The lowest BCUT2D eigenvalue weighted by molar-refractivity contribution is 0.298. The molecule has 0 bridgehead atoms. The number of pyridine rings is 1. The van der Waals surface area contributed by atoms with Crippen molar-refractivity contribution in [2.45, 2.75) is 6.42 Å². The van der Waals surface area contributed by atoms with Crippen LogP contribution in [0.2, 0.25) is 0 Å². The van der Waals surface area contributed by atoms with Crippen LogP contribution in [-0.4, -0.2) is 32.3 Å². The normalized spacial score (nSPS) is 15.1. The molecule has 0 saturated heterocycles. The van der Waals surface area contributed by atoms with E-state index in [-0.39, 0.29) is 0 Å². The van der Waals surface area contributed by atoms with Crippen molar-refractivity contribution >= 4 is 5.71 Å². The molecule has 120 valence electrons. The summed E-state index contributed by atoms with van der Waals surface area (Å²) in [7, 11) is 1.89. The van der Waals surface area contributed by atoms with Crippen LogP contribution in [0, 0.1) is 0 Å². The molecule has 3 heterocycles. The average molecular weight is 320 g/mol. The Morgan fingerprint density at radius 3 is 2.79 bits per heavy atom. The van der Waals surface area contributed by atoms with E-state index >= 15 is 0 Å². The number of oxime groups is 1. The minimum absolute atomic E-state index is 0.514. The van der Waals surface area contributed by atoms with Gasteiger partial charge in [0.2, 0.25) is 0 Å². The Bertz CT molecular complexity index is 916. The molecule has 4 rings (SSSR count). The number of rotatable bonds is 2. The summed E-state index contributed by atoms with van der Waals surface area (Å²) >= 11 is 0. The van der Waals surface area contributed by atoms with E-state index in [1.807, 2.05) is 43.6 Å². The SMILES string of the molecule is Cn1cc(-c2cccc3c2C(=NO)CCO3)c(-c2ccncc2)n1. The lowest BCUT2D eigenvalue weighted by Gasteiger charge is -2.21. The lowest BCUT2D eigenvalue weighted by atomic mass is 9.92. The number of aryl methyl sites for hydroxylation is 1. The van der Waals surface area contributed by atoms with E-state index in [0.29, 0.717) is 18.7 Å². The molecule has 2 aromatic heterocycles. The smallest absolute Gasteiger partial charge is 0.129 e. The van der Waals surface area contributed by atoms with Gasteiger partial charge < -0.3 is 9.94 Å². The molecule has 1 N–H and O–H groups in total. The highest BCUT2D eigenvalue weighted by Gasteiger charge is 2.24. The van der Waals surface area contributed by atoms with Gasteiger partial charge in [-0.3, -0.25) is 9.67 Å². The lowest BCUT2D eigenvalue weighted by Crippen LogP contribution is -2.17. The van der Waals surface area contributed by atoms with Crippen LogP contribution in [0.3, 0.4) is 0 Å². The van der Waals surface area contributed by atoms with Gasteiger partial charge >= 0.3 is 0 Å². The number of aromatic nitrogens is 3. The molecule has 1 aromatic carbocycles. The monoisotopic (exact) mass is 320 g/mol. The first-order chi connectivity index (χ1) is 11.8. The van der Waals surface area contributed by atoms with E-state index in [4.69, 9.17) is 4.74 Å². The maximum Gasteiger partial charge on any atom is 0.129 e. The largest absolute Gasteiger partial charge is 0.492 e. The Balaban J connectivity index is 1.96. The fraction of sp³-hybridized carbons (Fsp3) is 0.167. The predicted octanol–water partition coefficient (Wildman–Crippen LogP) is 3.11. The molecule has 0 unspecified atom stereocenters. The first kappa shape index (κ1) is 14.4. The van der Waals surface area contributed by atoms with Gasteiger partial charge in [0.25, 0.3) is 0 Å². The van der Waals surface area contributed by atoms with Crippen molar-refractivity contribution in [3.8, 4) is 28.1 Å². The van der Waals surface area contributed by atoms with Gasteiger partial charge in [0.1, 0.15) is 11.4 Å². The van der Waals surface area contributed by atoms with Crippen LogP contribution in [0.1, 0.15) is 12.0 Å². The summed E-state index contributed by atoms with van der Waals surface area (Å²) in [6.07, 6.45) is 6.04. The third-order valence-corrected chi connectivity index (χ3v) is 4.10. The predicted molar refractivity (Wildman–Crippen MR) is 90.3 cm³/mol. The highest BCUT2D eigenvalue weighted by molar-refractivity contribution is 6.09. The zero-order valence-corrected chi connectivity index (χ0v) is 13.2. The maximum absolute atomic E-state index is 9.40. The minimum atomic E-state index is 0.514. The topological polar surface area (TPSA) is 72.5 Å². The summed E-state index contributed by atoms with van der Waals surface area (Å²) in [6.45, 7) is 0.514. The first-order valence-corrected chi connectivity index (χ1v) is 7.69. The number of benzene rings is 1. The minimum Gasteiger partial charge on any atom is -0.492 e. The fourth-order valence-corrected chi connectivity index (χ4v) is 3.06. The first-order valence-electron chi connectivity index (χ1n) is 7.69. The van der Waals surface area contributed by atoms with Crippen molar-refractivity contribution in [3.63, 3.8) is 0 Å². The molecule has 0 atom stereocenters. The van der Waals surface area contributed by atoms with Crippen LogP contribution in [-0.2, 0) is 7.05 Å². The number of nitrogens with zero attached hydrogens (tertiary/aromatic N) is 4. The van der Waals surface area contributed by atoms with Gasteiger partial charge in [0, 0.05) is 48.7 Å². The number of hydrogen-bond donors (Lipinski definition) is 1. The molecule has 24 heavy (non-hydrogen) atoms. The van der Waals surface area contributed by atoms with E-state index in [1.165, 1.54) is 0 Å². The number of ether oxygens (including phenoxy) is 1. The molecular formula is C18H16N4O2. The quantitative estimate of drug-likeness (QED) is 0.582. The van der Waals surface area contributed by atoms with Crippen LogP contribution in [0.25, 0.3) is 22.4 Å². The Hall–Kier alpha value is -3.15. The Morgan fingerprint density at radius 1 is 1.17 bits per heavy atom. The van der Waals surface area contributed by atoms with E-state index in [1.54, 1.807) is 17.1 Å². The molecule has 6 heteroatoms. The third kappa shape index (κ3) is 2.32. The third-order valence-electron chi connectivity index (χ3n) is 4.10. The van der Waals surface area contributed by atoms with Crippen LogP contribution in [0.4, 0.5) is 0 Å². The zero-order valence-electron chi connectivity index (χ0n) is 13.2. The number of hydrogen-bond acceptors (Lipinski definition) is 5. The van der Waals surface area contributed by atoms with Crippen molar-refractivity contribution < 1.29 is 9.94 Å². The zero-order chi connectivity index (χ0) is 16.5. The maximum atomic E-state index is 9.40. The summed E-state index contributed by atoms with van der Waals surface area (Å²) < 4.78 is 7.52. The van der Waals surface area contributed by atoms with Crippen molar-refractivity contribution in [2.24, 2.45) is 12.2 Å². The van der Waals surface area contributed by atoms with Gasteiger partial charge in [-0.15, -0.1) is 0 Å². The van der Waals surface area contributed by atoms with Gasteiger partial charge in [-0.25, -0.2) is 0 Å². The Labute approximate surface area is 139 Å². The second-order valence-corrected chi connectivity index (χ2v) is 5.62. The second kappa shape index (κ2) is 5.81. The molecule has 0 spiro atoms.